The third kappa shape index (κ3) is 5.84. The van der Waals surface area contributed by atoms with Crippen LogP contribution in [0.25, 0.3) is 0 Å². The number of benzene rings is 3. The van der Waals surface area contributed by atoms with E-state index in [1.54, 1.807) is 12.1 Å². The monoisotopic (exact) mass is 413 g/mol. The number of anilines is 3. The van der Waals surface area contributed by atoms with Gasteiger partial charge in [0.15, 0.2) is 0 Å². The Labute approximate surface area is 170 Å². The Balaban J connectivity index is 1.62. The van der Waals surface area contributed by atoms with Crippen molar-refractivity contribution in [2.45, 2.75) is 6.18 Å². The summed E-state index contributed by atoms with van der Waals surface area (Å²) in [5.41, 5.74) is 0.554. The number of rotatable bonds is 6. The lowest BCUT2D eigenvalue weighted by atomic mass is 10.1. The predicted octanol–water partition coefficient (Wildman–Crippen LogP) is 5.01. The summed E-state index contributed by atoms with van der Waals surface area (Å²) < 4.78 is 38.4. The smallest absolute Gasteiger partial charge is 0.376 e. The van der Waals surface area contributed by atoms with Crippen LogP contribution in [0, 0.1) is 0 Å². The Morgan fingerprint density at radius 2 is 1.37 bits per heavy atom. The van der Waals surface area contributed by atoms with Gasteiger partial charge in [-0.25, -0.2) is 0 Å². The largest absolute Gasteiger partial charge is 0.416 e. The quantitative estimate of drug-likeness (QED) is 0.532. The summed E-state index contributed by atoms with van der Waals surface area (Å²) in [5, 5.41) is 8.07. The SMILES string of the molecule is O=C(CNc1ccccc1)Nc1cccc(C(=O)Nc2cccc(C(F)(F)F)c2)c1. The summed E-state index contributed by atoms with van der Waals surface area (Å²) in [6.45, 7) is 0.0324. The van der Waals surface area contributed by atoms with Crippen LogP contribution in [0.2, 0.25) is 0 Å². The van der Waals surface area contributed by atoms with Crippen molar-refractivity contribution in [2.24, 2.45) is 0 Å². The zero-order valence-corrected chi connectivity index (χ0v) is 15.7. The second kappa shape index (κ2) is 9.13. The molecule has 0 saturated carbocycles. The van der Waals surface area contributed by atoms with Crippen molar-refractivity contribution in [3.63, 3.8) is 0 Å². The number of hydrogen-bond acceptors (Lipinski definition) is 3. The molecule has 0 fully saturated rings. The fourth-order valence-electron chi connectivity index (χ4n) is 2.66. The number of alkyl halides is 3. The first kappa shape index (κ1) is 20.9. The van der Waals surface area contributed by atoms with Crippen molar-refractivity contribution in [1.82, 2.24) is 0 Å². The van der Waals surface area contributed by atoms with Crippen LogP contribution in [0.1, 0.15) is 15.9 Å². The van der Waals surface area contributed by atoms with E-state index in [1.807, 2.05) is 30.3 Å². The number of carbonyl (C=O) groups excluding carboxylic acids is 2. The topological polar surface area (TPSA) is 70.2 Å². The van der Waals surface area contributed by atoms with Crippen molar-refractivity contribution in [1.29, 1.82) is 0 Å². The van der Waals surface area contributed by atoms with E-state index < -0.39 is 17.6 Å². The van der Waals surface area contributed by atoms with Crippen LogP contribution in [0.15, 0.2) is 78.9 Å². The fourth-order valence-corrected chi connectivity index (χ4v) is 2.66. The molecule has 0 atom stereocenters. The average Bonchev–Trinajstić information content (AvgIpc) is 2.73. The number of halogens is 3. The van der Waals surface area contributed by atoms with Crippen LogP contribution in [0.5, 0.6) is 0 Å². The normalized spacial score (nSPS) is 10.9. The van der Waals surface area contributed by atoms with Gasteiger partial charge in [0.25, 0.3) is 5.91 Å². The molecule has 0 aliphatic rings. The summed E-state index contributed by atoms with van der Waals surface area (Å²) in [6, 6.07) is 19.7. The number of amides is 2. The summed E-state index contributed by atoms with van der Waals surface area (Å²) in [7, 11) is 0. The van der Waals surface area contributed by atoms with Gasteiger partial charge >= 0.3 is 6.18 Å². The fraction of sp³-hybridized carbons (Fsp3) is 0.0909. The number of hydrogen-bond donors (Lipinski definition) is 3. The molecular formula is C22H18F3N3O2. The molecule has 8 heteroatoms. The van der Waals surface area contributed by atoms with Crippen LogP contribution in [-0.2, 0) is 11.0 Å². The lowest BCUT2D eigenvalue weighted by molar-refractivity contribution is -0.137. The number of nitrogens with one attached hydrogen (secondary N) is 3. The summed E-state index contributed by atoms with van der Waals surface area (Å²) >= 11 is 0. The molecule has 0 bridgehead atoms. The molecule has 154 valence electrons. The van der Waals surface area contributed by atoms with Crippen molar-refractivity contribution in [3.05, 3.63) is 90.0 Å². The molecule has 0 heterocycles. The highest BCUT2D eigenvalue weighted by atomic mass is 19.4. The molecular weight excluding hydrogens is 395 g/mol. The van der Waals surface area contributed by atoms with Crippen LogP contribution in [-0.4, -0.2) is 18.4 Å². The summed E-state index contributed by atoms with van der Waals surface area (Å²) in [5.74, 6) is -0.901. The van der Waals surface area contributed by atoms with Gasteiger partial charge in [0.1, 0.15) is 0 Å². The molecule has 30 heavy (non-hydrogen) atoms. The van der Waals surface area contributed by atoms with Gasteiger partial charge in [-0.3, -0.25) is 9.59 Å². The summed E-state index contributed by atoms with van der Waals surface area (Å²) in [6.07, 6.45) is -4.50. The Bertz CT molecular complexity index is 1040. The van der Waals surface area contributed by atoms with E-state index in [4.69, 9.17) is 0 Å². The van der Waals surface area contributed by atoms with Crippen LogP contribution in [0.4, 0.5) is 30.2 Å². The van der Waals surface area contributed by atoms with Crippen LogP contribution in [0.3, 0.4) is 0 Å². The van der Waals surface area contributed by atoms with Gasteiger partial charge < -0.3 is 16.0 Å². The molecule has 0 spiro atoms. The maximum atomic E-state index is 12.8. The molecule has 3 aromatic carbocycles. The van der Waals surface area contributed by atoms with Crippen molar-refractivity contribution in [2.75, 3.05) is 22.5 Å². The van der Waals surface area contributed by atoms with Gasteiger partial charge in [0.2, 0.25) is 5.91 Å². The minimum absolute atomic E-state index is 0.0244. The average molecular weight is 413 g/mol. The highest BCUT2D eigenvalue weighted by Gasteiger charge is 2.30. The molecule has 5 nitrogen and oxygen atoms in total. The Kier molecular flexibility index (Phi) is 6.36. The first-order valence-corrected chi connectivity index (χ1v) is 8.99. The van der Waals surface area contributed by atoms with E-state index in [-0.39, 0.29) is 23.7 Å². The van der Waals surface area contributed by atoms with Crippen molar-refractivity contribution in [3.8, 4) is 0 Å². The maximum absolute atomic E-state index is 12.8. The Morgan fingerprint density at radius 1 is 0.733 bits per heavy atom. The molecule has 0 aliphatic carbocycles. The molecule has 3 rings (SSSR count). The van der Waals surface area contributed by atoms with Crippen LogP contribution >= 0.6 is 0 Å². The maximum Gasteiger partial charge on any atom is 0.416 e. The lowest BCUT2D eigenvalue weighted by Gasteiger charge is -2.11. The van der Waals surface area contributed by atoms with E-state index in [0.717, 1.165) is 17.8 Å². The van der Waals surface area contributed by atoms with Crippen molar-refractivity contribution >= 4 is 28.9 Å². The van der Waals surface area contributed by atoms with Crippen LogP contribution < -0.4 is 16.0 Å². The predicted molar refractivity (Wildman–Crippen MR) is 109 cm³/mol. The molecule has 0 unspecified atom stereocenters. The van der Waals surface area contributed by atoms with Gasteiger partial charge in [-0.1, -0.05) is 30.3 Å². The van der Waals surface area contributed by atoms with E-state index in [2.05, 4.69) is 16.0 Å². The number of para-hydroxylation sites is 1. The zero-order chi connectivity index (χ0) is 21.6. The first-order chi connectivity index (χ1) is 14.3. The second-order valence-corrected chi connectivity index (χ2v) is 6.38. The third-order valence-corrected chi connectivity index (χ3v) is 4.08. The highest BCUT2D eigenvalue weighted by molar-refractivity contribution is 6.05. The standard InChI is InChI=1S/C22H18F3N3O2/c23-22(24,25)16-7-5-11-19(13-16)28-21(30)15-6-4-10-18(12-15)27-20(29)14-26-17-8-2-1-3-9-17/h1-13,26H,14H2,(H,27,29)(H,28,30). The van der Waals surface area contributed by atoms with Gasteiger partial charge in [0.05, 0.1) is 12.1 Å². The molecule has 2 amide bonds. The van der Waals surface area contributed by atoms with E-state index in [0.29, 0.717) is 5.69 Å². The molecule has 0 aliphatic heterocycles. The van der Waals surface area contributed by atoms with Gasteiger partial charge in [-0.15, -0.1) is 0 Å². The van der Waals surface area contributed by atoms with E-state index in [9.17, 15) is 22.8 Å². The molecule has 0 radical (unpaired) electrons. The lowest BCUT2D eigenvalue weighted by Crippen LogP contribution is -2.22. The molecule has 0 aromatic heterocycles. The Morgan fingerprint density at radius 3 is 2.07 bits per heavy atom. The Hall–Kier alpha value is -3.81. The second-order valence-electron chi connectivity index (χ2n) is 6.38. The minimum atomic E-state index is -4.50. The minimum Gasteiger partial charge on any atom is -0.376 e. The van der Waals surface area contributed by atoms with Gasteiger partial charge in [-0.2, -0.15) is 13.2 Å². The third-order valence-electron chi connectivity index (χ3n) is 4.08. The zero-order valence-electron chi connectivity index (χ0n) is 15.7. The van der Waals surface area contributed by atoms with Gasteiger partial charge in [-0.05, 0) is 48.5 Å². The highest BCUT2D eigenvalue weighted by Crippen LogP contribution is 2.30. The van der Waals surface area contributed by atoms with E-state index >= 15 is 0 Å². The number of carbonyl (C=O) groups is 2. The molecule has 3 aromatic rings. The van der Waals surface area contributed by atoms with Crippen molar-refractivity contribution < 1.29 is 22.8 Å². The summed E-state index contributed by atoms with van der Waals surface area (Å²) in [4.78, 5) is 24.5. The molecule has 3 N–H and O–H groups in total. The first-order valence-electron chi connectivity index (χ1n) is 8.99. The van der Waals surface area contributed by atoms with E-state index in [1.165, 1.54) is 24.3 Å². The molecule has 0 saturated heterocycles. The van der Waals surface area contributed by atoms with Gasteiger partial charge in [0, 0.05) is 22.6 Å².